The number of nitrogens with zero attached hydrogens (tertiary/aromatic N) is 1. The van der Waals surface area contributed by atoms with Crippen molar-refractivity contribution in [3.8, 4) is 0 Å². The summed E-state index contributed by atoms with van der Waals surface area (Å²) in [5, 5.41) is 22.4. The van der Waals surface area contributed by atoms with Crippen molar-refractivity contribution in [2.24, 2.45) is 29.4 Å². The monoisotopic (exact) mass is 636 g/mol. The molecule has 0 saturated heterocycles. The van der Waals surface area contributed by atoms with Gasteiger partial charge in [0.25, 0.3) is 0 Å². The molecule has 1 aromatic rings. The van der Waals surface area contributed by atoms with Gasteiger partial charge in [-0.2, -0.15) is 0 Å². The van der Waals surface area contributed by atoms with Crippen LogP contribution in [-0.2, 0) is 35.2 Å². The van der Waals surface area contributed by atoms with Crippen molar-refractivity contribution in [2.75, 3.05) is 6.54 Å². The summed E-state index contributed by atoms with van der Waals surface area (Å²) >= 11 is 0. The van der Waals surface area contributed by atoms with Crippen LogP contribution < -0.4 is 32.3 Å². The van der Waals surface area contributed by atoms with Gasteiger partial charge < -0.3 is 42.4 Å². The van der Waals surface area contributed by atoms with Crippen LogP contribution in [-0.4, -0.2) is 87.3 Å². The van der Waals surface area contributed by atoms with Crippen molar-refractivity contribution in [1.29, 1.82) is 0 Å². The third-order valence-electron chi connectivity index (χ3n) is 6.92. The van der Waals surface area contributed by atoms with Crippen molar-refractivity contribution < 1.29 is 33.9 Å². The number of nitrogens with one attached hydrogen (secondary N) is 6. The van der Waals surface area contributed by atoms with Gasteiger partial charge in [0.2, 0.25) is 29.5 Å². The highest BCUT2D eigenvalue weighted by Gasteiger charge is 2.33. The summed E-state index contributed by atoms with van der Waals surface area (Å²) in [4.78, 5) is 83.2. The zero-order valence-electron chi connectivity index (χ0n) is 27.6. The number of carboxylic acids is 1. The molecule has 1 aromatic heterocycles. The number of carboxylic acid groups (broad SMARTS) is 1. The summed E-state index contributed by atoms with van der Waals surface area (Å²) in [5.41, 5.74) is 6.43. The molecule has 0 bridgehead atoms. The van der Waals surface area contributed by atoms with E-state index in [0.717, 1.165) is 0 Å². The topological polar surface area (TPSA) is 237 Å². The van der Waals surface area contributed by atoms with Gasteiger partial charge in [0, 0.05) is 12.6 Å². The van der Waals surface area contributed by atoms with E-state index in [1.54, 1.807) is 27.7 Å². The predicted octanol–water partition coefficient (Wildman–Crippen LogP) is -0.176. The van der Waals surface area contributed by atoms with Crippen molar-refractivity contribution in [2.45, 2.75) is 105 Å². The molecule has 1 rings (SSSR count). The largest absolute Gasteiger partial charge is 0.480 e. The van der Waals surface area contributed by atoms with Crippen LogP contribution in [0.2, 0.25) is 0 Å². The van der Waals surface area contributed by atoms with E-state index in [9.17, 15) is 33.9 Å². The van der Waals surface area contributed by atoms with Crippen LogP contribution in [0.4, 0.5) is 0 Å². The summed E-state index contributed by atoms with van der Waals surface area (Å²) in [7, 11) is 0. The molecule has 0 aliphatic rings. The minimum atomic E-state index is -1.26. The number of rotatable bonds is 19. The summed E-state index contributed by atoms with van der Waals surface area (Å²) in [5.74, 6) is -4.80. The first-order chi connectivity index (χ1) is 20.9. The minimum Gasteiger partial charge on any atom is -0.480 e. The molecule has 45 heavy (non-hydrogen) atoms. The quantitative estimate of drug-likeness (QED) is 0.100. The Hall–Kier alpha value is -4.01. The maximum Gasteiger partial charge on any atom is 0.326 e. The van der Waals surface area contributed by atoms with E-state index in [2.05, 4.69) is 36.6 Å². The summed E-state index contributed by atoms with van der Waals surface area (Å²) in [6, 6.07) is -5.07. The van der Waals surface area contributed by atoms with Gasteiger partial charge in [0.05, 0.1) is 24.6 Å². The number of aromatic nitrogens is 2. The first kappa shape index (κ1) is 39.0. The second kappa shape index (κ2) is 18.7. The number of hydrogen-bond donors (Lipinski definition) is 8. The van der Waals surface area contributed by atoms with Gasteiger partial charge in [0.15, 0.2) is 0 Å². The van der Waals surface area contributed by atoms with Gasteiger partial charge in [-0.15, -0.1) is 0 Å². The van der Waals surface area contributed by atoms with Gasteiger partial charge >= 0.3 is 5.97 Å². The Bertz CT molecular complexity index is 1140. The van der Waals surface area contributed by atoms with Gasteiger partial charge in [-0.3, -0.25) is 24.0 Å². The molecule has 0 aliphatic carbocycles. The Morgan fingerprint density at radius 1 is 0.756 bits per heavy atom. The third-order valence-corrected chi connectivity index (χ3v) is 6.92. The number of aromatic amines is 1. The molecule has 0 fully saturated rings. The predicted molar refractivity (Wildman–Crippen MR) is 167 cm³/mol. The van der Waals surface area contributed by atoms with Crippen LogP contribution in [0.25, 0.3) is 0 Å². The standard InChI is InChI=1S/C30H52N8O7/c1-15(2)9-20(31)26(40)37-25(18(7)8)29(43)38-24(17(5)6)28(42)36-21(10-16(3)4)27(41)33-13-23(39)35-22(30(44)45)11-19-12-32-14-34-19/h12,14-18,20-22,24-25H,9-11,13,31H2,1-8H3,(H,32,34)(H,33,41)(H,35,39)(H,36,42)(H,37,40)(H,38,43)(H,44,45)/t20-,21-,22-,24-,25-/m0/s1. The molecular formula is C30H52N8O7. The lowest BCUT2D eigenvalue weighted by molar-refractivity contribution is -0.141. The molecule has 0 unspecified atom stereocenters. The van der Waals surface area contributed by atoms with Crippen LogP contribution in [0, 0.1) is 23.7 Å². The van der Waals surface area contributed by atoms with E-state index < -0.39 is 72.3 Å². The molecule has 0 radical (unpaired) electrons. The molecular weight excluding hydrogens is 584 g/mol. The lowest BCUT2D eigenvalue weighted by atomic mass is 9.97. The van der Waals surface area contributed by atoms with E-state index >= 15 is 0 Å². The normalized spacial score (nSPS) is 14.8. The van der Waals surface area contributed by atoms with Gasteiger partial charge in [0.1, 0.15) is 24.2 Å². The lowest BCUT2D eigenvalue weighted by Gasteiger charge is -2.29. The maximum absolute atomic E-state index is 13.4. The molecule has 0 aromatic carbocycles. The second-order valence-corrected chi connectivity index (χ2v) is 12.8. The Balaban J connectivity index is 2.92. The molecule has 9 N–H and O–H groups in total. The number of aliphatic carboxylic acids is 1. The van der Waals surface area contributed by atoms with E-state index in [4.69, 9.17) is 5.73 Å². The highest BCUT2D eigenvalue weighted by atomic mass is 16.4. The fraction of sp³-hybridized carbons (Fsp3) is 0.700. The summed E-state index contributed by atoms with van der Waals surface area (Å²) in [6.07, 6.45) is 3.52. The summed E-state index contributed by atoms with van der Waals surface area (Å²) < 4.78 is 0. The maximum atomic E-state index is 13.4. The number of carbonyl (C=O) groups excluding carboxylic acids is 5. The number of imidazole rings is 1. The zero-order chi connectivity index (χ0) is 34.4. The molecule has 0 spiro atoms. The number of nitrogens with two attached hydrogens (primary N) is 1. The van der Waals surface area contributed by atoms with E-state index in [0.29, 0.717) is 12.1 Å². The molecule has 0 saturated carbocycles. The highest BCUT2D eigenvalue weighted by molar-refractivity contribution is 5.95. The minimum absolute atomic E-state index is 0.0252. The third kappa shape index (κ3) is 14.1. The fourth-order valence-corrected chi connectivity index (χ4v) is 4.50. The first-order valence-corrected chi connectivity index (χ1v) is 15.4. The number of amides is 5. The Morgan fingerprint density at radius 2 is 1.29 bits per heavy atom. The number of hydrogen-bond acceptors (Lipinski definition) is 8. The van der Waals surface area contributed by atoms with Crippen molar-refractivity contribution in [3.05, 3.63) is 18.2 Å². The molecule has 1 heterocycles. The molecule has 15 nitrogen and oxygen atoms in total. The second-order valence-electron chi connectivity index (χ2n) is 12.8. The Morgan fingerprint density at radius 3 is 1.76 bits per heavy atom. The first-order valence-electron chi connectivity index (χ1n) is 15.4. The fourth-order valence-electron chi connectivity index (χ4n) is 4.50. The molecule has 15 heteroatoms. The smallest absolute Gasteiger partial charge is 0.326 e. The van der Waals surface area contributed by atoms with Crippen LogP contribution >= 0.6 is 0 Å². The highest BCUT2D eigenvalue weighted by Crippen LogP contribution is 2.11. The Kier molecular flexibility index (Phi) is 16.2. The average molecular weight is 637 g/mol. The van der Waals surface area contributed by atoms with Gasteiger partial charge in [-0.1, -0.05) is 55.4 Å². The van der Waals surface area contributed by atoms with Crippen LogP contribution in [0.15, 0.2) is 12.5 Å². The van der Waals surface area contributed by atoms with E-state index in [-0.39, 0.29) is 36.5 Å². The van der Waals surface area contributed by atoms with Crippen molar-refractivity contribution in [3.63, 3.8) is 0 Å². The van der Waals surface area contributed by atoms with Crippen molar-refractivity contribution in [1.82, 2.24) is 36.6 Å². The van der Waals surface area contributed by atoms with Crippen LogP contribution in [0.3, 0.4) is 0 Å². The molecule has 0 aliphatic heterocycles. The number of carbonyl (C=O) groups is 6. The van der Waals surface area contributed by atoms with E-state index in [1.165, 1.54) is 12.5 Å². The van der Waals surface area contributed by atoms with E-state index in [1.807, 2.05) is 27.7 Å². The Labute approximate surface area is 265 Å². The van der Waals surface area contributed by atoms with Gasteiger partial charge in [-0.05, 0) is 36.5 Å². The van der Waals surface area contributed by atoms with Crippen LogP contribution in [0.5, 0.6) is 0 Å². The average Bonchev–Trinajstić information content (AvgIpc) is 3.44. The molecule has 5 amide bonds. The summed E-state index contributed by atoms with van der Waals surface area (Å²) in [6.45, 7) is 14.0. The van der Waals surface area contributed by atoms with Crippen LogP contribution in [0.1, 0.15) is 73.9 Å². The van der Waals surface area contributed by atoms with Gasteiger partial charge in [-0.25, -0.2) is 9.78 Å². The zero-order valence-corrected chi connectivity index (χ0v) is 27.6. The van der Waals surface area contributed by atoms with Crippen molar-refractivity contribution >= 4 is 35.5 Å². The number of H-pyrrole nitrogens is 1. The lowest BCUT2D eigenvalue weighted by Crippen LogP contribution is -2.60. The molecule has 5 atom stereocenters. The molecule has 254 valence electrons. The SMILES string of the molecule is CC(C)C[C@H](NC(=O)[C@@H](NC(=O)[C@@H](NC(=O)[C@@H](N)CC(C)C)C(C)C)C(C)C)C(=O)NCC(=O)N[C@@H](Cc1c[nH]cn1)C(=O)O.